The van der Waals surface area contributed by atoms with Crippen molar-refractivity contribution in [1.82, 2.24) is 30.0 Å². The lowest BCUT2D eigenvalue weighted by molar-refractivity contribution is 0.201. The Morgan fingerprint density at radius 2 is 2.07 bits per heavy atom. The summed E-state index contributed by atoms with van der Waals surface area (Å²) in [6.45, 7) is 8.50. The number of nitrogens with one attached hydrogen (secondary N) is 2. The molecule has 0 spiro atoms. The van der Waals surface area contributed by atoms with E-state index in [2.05, 4.69) is 26.4 Å². The number of carbonyl (C=O) groups excluding carboxylic acids is 1. The van der Waals surface area contributed by atoms with Crippen molar-refractivity contribution in [2.24, 2.45) is 0 Å². The topological polar surface area (TPSA) is 78.8 Å². The Morgan fingerprint density at radius 3 is 2.68 bits per heavy atom. The molecule has 0 aliphatic rings. The Kier molecular flexibility index (Phi) is 5.82. The number of hydrogen-bond acceptors (Lipinski definition) is 3. The van der Waals surface area contributed by atoms with E-state index < -0.39 is 0 Å². The number of amides is 2. The standard InChI is InChI=1S/C21H28N6O/c1-6-19(20-22-12-15(3)23-20)24-21(28)26(5)13-17-8-7-9-18(11-17)27-16(4)10-14(2)25-27/h7-12,19H,6,13H2,1-5H3,(H,22,23)(H,24,28). The number of rotatable bonds is 6. The Bertz CT molecular complexity index is 957. The van der Waals surface area contributed by atoms with Crippen molar-refractivity contribution in [3.05, 3.63) is 65.0 Å². The summed E-state index contributed by atoms with van der Waals surface area (Å²) in [6.07, 6.45) is 2.54. The van der Waals surface area contributed by atoms with Crippen LogP contribution >= 0.6 is 0 Å². The van der Waals surface area contributed by atoms with Crippen LogP contribution in [0.25, 0.3) is 5.69 Å². The maximum atomic E-state index is 12.7. The quantitative estimate of drug-likeness (QED) is 0.682. The highest BCUT2D eigenvalue weighted by atomic mass is 16.2. The monoisotopic (exact) mass is 380 g/mol. The number of benzene rings is 1. The molecule has 7 heteroatoms. The first-order valence-electron chi connectivity index (χ1n) is 9.53. The minimum atomic E-state index is -0.135. The minimum absolute atomic E-state index is 0.127. The first-order chi connectivity index (χ1) is 13.4. The van der Waals surface area contributed by atoms with Crippen LogP contribution in [0.3, 0.4) is 0 Å². The summed E-state index contributed by atoms with van der Waals surface area (Å²) in [5.41, 5.74) is 5.09. The van der Waals surface area contributed by atoms with Gasteiger partial charge in [0.2, 0.25) is 0 Å². The van der Waals surface area contributed by atoms with E-state index >= 15 is 0 Å². The Labute approximate surface area is 165 Å². The number of aryl methyl sites for hydroxylation is 3. The van der Waals surface area contributed by atoms with Crippen LogP contribution < -0.4 is 5.32 Å². The van der Waals surface area contributed by atoms with Crippen molar-refractivity contribution in [3.63, 3.8) is 0 Å². The summed E-state index contributed by atoms with van der Waals surface area (Å²) < 4.78 is 1.92. The number of nitrogens with zero attached hydrogens (tertiary/aromatic N) is 4. The lowest BCUT2D eigenvalue weighted by Gasteiger charge is -2.22. The van der Waals surface area contributed by atoms with Gasteiger partial charge in [-0.3, -0.25) is 0 Å². The van der Waals surface area contributed by atoms with Gasteiger partial charge in [0.15, 0.2) is 0 Å². The zero-order valence-corrected chi connectivity index (χ0v) is 17.2. The number of H-pyrrole nitrogens is 1. The van der Waals surface area contributed by atoms with Crippen LogP contribution in [-0.4, -0.2) is 37.7 Å². The molecular formula is C21H28N6O. The Hall–Kier alpha value is -3.09. The second-order valence-electron chi connectivity index (χ2n) is 7.23. The van der Waals surface area contributed by atoms with Crippen LogP contribution in [0.5, 0.6) is 0 Å². The molecular weight excluding hydrogens is 352 g/mol. The van der Waals surface area contributed by atoms with Gasteiger partial charge in [-0.1, -0.05) is 19.1 Å². The third-order valence-corrected chi connectivity index (χ3v) is 4.69. The summed E-state index contributed by atoms with van der Waals surface area (Å²) in [5, 5.41) is 7.59. The fourth-order valence-electron chi connectivity index (χ4n) is 3.26. The molecule has 1 aromatic carbocycles. The van der Waals surface area contributed by atoms with Gasteiger partial charge < -0.3 is 15.2 Å². The number of imidazole rings is 1. The van der Waals surface area contributed by atoms with Crippen molar-refractivity contribution < 1.29 is 4.79 Å². The molecule has 0 bridgehead atoms. The number of aromatic amines is 1. The van der Waals surface area contributed by atoms with E-state index in [1.807, 2.05) is 56.6 Å². The van der Waals surface area contributed by atoms with Gasteiger partial charge in [-0.15, -0.1) is 0 Å². The molecule has 1 unspecified atom stereocenters. The molecule has 148 valence electrons. The second kappa shape index (κ2) is 8.29. The lowest BCUT2D eigenvalue weighted by atomic mass is 10.2. The molecule has 3 aromatic rings. The molecule has 1 atom stereocenters. The van der Waals surface area contributed by atoms with Crippen molar-refractivity contribution >= 4 is 6.03 Å². The molecule has 2 heterocycles. The predicted octanol–water partition coefficient (Wildman–Crippen LogP) is 3.81. The first kappa shape index (κ1) is 19.7. The van der Waals surface area contributed by atoms with Crippen LogP contribution in [-0.2, 0) is 6.54 Å². The Balaban J connectivity index is 1.68. The largest absolute Gasteiger partial charge is 0.344 e. The van der Waals surface area contributed by atoms with Gasteiger partial charge in [0.25, 0.3) is 0 Å². The van der Waals surface area contributed by atoms with Gasteiger partial charge in [0, 0.05) is 31.2 Å². The van der Waals surface area contributed by atoms with E-state index in [9.17, 15) is 4.79 Å². The van der Waals surface area contributed by atoms with E-state index in [1.54, 1.807) is 18.1 Å². The molecule has 2 aromatic heterocycles. The number of aromatic nitrogens is 4. The fourth-order valence-corrected chi connectivity index (χ4v) is 3.26. The maximum Gasteiger partial charge on any atom is 0.318 e. The van der Waals surface area contributed by atoms with E-state index in [4.69, 9.17) is 0 Å². The van der Waals surface area contributed by atoms with E-state index in [0.29, 0.717) is 6.54 Å². The van der Waals surface area contributed by atoms with Crippen LogP contribution in [0.2, 0.25) is 0 Å². The highest BCUT2D eigenvalue weighted by Crippen LogP contribution is 2.16. The summed E-state index contributed by atoms with van der Waals surface area (Å²) in [4.78, 5) is 21.9. The number of urea groups is 1. The highest BCUT2D eigenvalue weighted by molar-refractivity contribution is 5.74. The van der Waals surface area contributed by atoms with Gasteiger partial charge in [0.05, 0.1) is 17.4 Å². The fraction of sp³-hybridized carbons (Fsp3) is 0.381. The molecule has 7 nitrogen and oxygen atoms in total. The smallest absolute Gasteiger partial charge is 0.318 e. The van der Waals surface area contributed by atoms with E-state index in [-0.39, 0.29) is 12.1 Å². The second-order valence-corrected chi connectivity index (χ2v) is 7.23. The van der Waals surface area contributed by atoms with Gasteiger partial charge in [-0.25, -0.2) is 14.5 Å². The summed E-state index contributed by atoms with van der Waals surface area (Å²) in [5.74, 6) is 0.785. The molecule has 0 radical (unpaired) electrons. The van der Waals surface area contributed by atoms with E-state index in [0.717, 1.165) is 40.6 Å². The van der Waals surface area contributed by atoms with Crippen molar-refractivity contribution in [3.8, 4) is 5.69 Å². The molecule has 28 heavy (non-hydrogen) atoms. The zero-order valence-electron chi connectivity index (χ0n) is 17.2. The average Bonchev–Trinajstić information content (AvgIpc) is 3.24. The zero-order chi connectivity index (χ0) is 20.3. The van der Waals surface area contributed by atoms with Gasteiger partial charge in [0.1, 0.15) is 5.82 Å². The van der Waals surface area contributed by atoms with Crippen molar-refractivity contribution in [2.45, 2.75) is 46.7 Å². The van der Waals surface area contributed by atoms with Crippen molar-refractivity contribution in [1.29, 1.82) is 0 Å². The maximum absolute atomic E-state index is 12.7. The molecule has 2 N–H and O–H groups in total. The molecule has 3 rings (SSSR count). The van der Waals surface area contributed by atoms with Crippen molar-refractivity contribution in [2.75, 3.05) is 7.05 Å². The first-order valence-corrected chi connectivity index (χ1v) is 9.53. The van der Waals surface area contributed by atoms with Crippen LogP contribution in [0.15, 0.2) is 36.5 Å². The number of hydrogen-bond donors (Lipinski definition) is 2. The summed E-state index contributed by atoms with van der Waals surface area (Å²) >= 11 is 0. The van der Waals surface area contributed by atoms with E-state index in [1.165, 1.54) is 0 Å². The summed E-state index contributed by atoms with van der Waals surface area (Å²) in [7, 11) is 1.80. The normalized spacial score (nSPS) is 12.0. The van der Waals surface area contributed by atoms with Crippen LogP contribution in [0.1, 0.15) is 47.9 Å². The molecule has 0 fully saturated rings. The third kappa shape index (κ3) is 4.42. The van der Waals surface area contributed by atoms with Crippen LogP contribution in [0.4, 0.5) is 4.79 Å². The molecule has 0 saturated heterocycles. The Morgan fingerprint density at radius 1 is 1.29 bits per heavy atom. The molecule has 0 aliphatic carbocycles. The summed E-state index contributed by atoms with van der Waals surface area (Å²) in [6, 6.07) is 9.89. The lowest BCUT2D eigenvalue weighted by Crippen LogP contribution is -2.39. The minimum Gasteiger partial charge on any atom is -0.344 e. The molecule has 0 saturated carbocycles. The third-order valence-electron chi connectivity index (χ3n) is 4.69. The predicted molar refractivity (Wildman–Crippen MR) is 109 cm³/mol. The van der Waals surface area contributed by atoms with Gasteiger partial charge in [-0.2, -0.15) is 5.10 Å². The SMILES string of the molecule is CCC(NC(=O)N(C)Cc1cccc(-n2nc(C)cc2C)c1)c1ncc(C)[nH]1. The van der Waals surface area contributed by atoms with Gasteiger partial charge in [-0.05, 0) is 51.0 Å². The average molecular weight is 380 g/mol. The molecule has 2 amide bonds. The number of carbonyl (C=O) groups is 1. The van der Waals surface area contributed by atoms with Crippen LogP contribution in [0, 0.1) is 20.8 Å². The molecule has 0 aliphatic heterocycles. The highest BCUT2D eigenvalue weighted by Gasteiger charge is 2.18. The van der Waals surface area contributed by atoms with Gasteiger partial charge >= 0.3 is 6.03 Å².